The summed E-state index contributed by atoms with van der Waals surface area (Å²) in [5.74, 6) is 0.911. The molecule has 0 aliphatic carbocycles. The summed E-state index contributed by atoms with van der Waals surface area (Å²) in [7, 11) is 0. The molecule has 30 heavy (non-hydrogen) atoms. The minimum Gasteiger partial charge on any atom is -0.355 e. The van der Waals surface area contributed by atoms with E-state index in [2.05, 4.69) is 31.6 Å². The molecule has 1 aromatic heterocycles. The maximum atomic E-state index is 12.5. The molecule has 2 heterocycles. The van der Waals surface area contributed by atoms with E-state index in [-0.39, 0.29) is 6.03 Å². The third kappa shape index (κ3) is 4.76. The second-order valence-electron chi connectivity index (χ2n) is 7.81. The number of aryl methyl sites for hydroxylation is 2. The summed E-state index contributed by atoms with van der Waals surface area (Å²) in [6.45, 7) is 6.03. The lowest BCUT2D eigenvalue weighted by molar-refractivity contribution is 0.262. The van der Waals surface area contributed by atoms with E-state index in [1.807, 2.05) is 50.2 Å². The van der Waals surface area contributed by atoms with Gasteiger partial charge < -0.3 is 15.5 Å². The van der Waals surface area contributed by atoms with Crippen LogP contribution in [0, 0.1) is 13.8 Å². The Kier molecular flexibility index (Phi) is 5.93. The van der Waals surface area contributed by atoms with Crippen molar-refractivity contribution in [3.63, 3.8) is 0 Å². The molecular formula is C24H27N5O. The van der Waals surface area contributed by atoms with Gasteiger partial charge in [0, 0.05) is 42.4 Å². The number of aromatic nitrogens is 2. The quantitative estimate of drug-likeness (QED) is 0.614. The number of amides is 2. The first-order valence-corrected chi connectivity index (χ1v) is 10.4. The van der Waals surface area contributed by atoms with Crippen molar-refractivity contribution in [1.82, 2.24) is 9.97 Å². The van der Waals surface area contributed by atoms with Crippen LogP contribution < -0.4 is 15.5 Å². The summed E-state index contributed by atoms with van der Waals surface area (Å²) in [5, 5.41) is 5.83. The zero-order valence-corrected chi connectivity index (χ0v) is 17.5. The van der Waals surface area contributed by atoms with Gasteiger partial charge >= 0.3 is 6.03 Å². The van der Waals surface area contributed by atoms with E-state index in [0.29, 0.717) is 5.69 Å². The molecule has 0 bridgehead atoms. The minimum atomic E-state index is -0.271. The summed E-state index contributed by atoms with van der Waals surface area (Å²) in [6.07, 6.45) is 7.08. The van der Waals surface area contributed by atoms with Gasteiger partial charge in [-0.05, 0) is 68.5 Å². The maximum absolute atomic E-state index is 12.5. The molecule has 2 aromatic carbocycles. The molecule has 6 heteroatoms. The average molecular weight is 402 g/mol. The number of carbonyl (C=O) groups excluding carboxylic acids is 1. The Morgan fingerprint density at radius 2 is 1.57 bits per heavy atom. The summed E-state index contributed by atoms with van der Waals surface area (Å²) in [4.78, 5) is 24.0. The van der Waals surface area contributed by atoms with Crippen molar-refractivity contribution < 1.29 is 4.79 Å². The lowest BCUT2D eigenvalue weighted by Crippen LogP contribution is -2.30. The zero-order chi connectivity index (χ0) is 20.9. The fraction of sp³-hybridized carbons (Fsp3) is 0.292. The van der Waals surface area contributed by atoms with Crippen LogP contribution in [0.2, 0.25) is 0 Å². The second kappa shape index (κ2) is 8.95. The number of rotatable bonds is 4. The number of nitrogens with zero attached hydrogens (tertiary/aromatic N) is 3. The second-order valence-corrected chi connectivity index (χ2v) is 7.81. The molecule has 3 aromatic rings. The van der Waals surface area contributed by atoms with Crippen molar-refractivity contribution in [3.8, 4) is 11.3 Å². The van der Waals surface area contributed by atoms with Gasteiger partial charge in [0.05, 0.1) is 0 Å². The Morgan fingerprint density at radius 1 is 0.867 bits per heavy atom. The van der Waals surface area contributed by atoms with Crippen LogP contribution in [0.5, 0.6) is 0 Å². The fourth-order valence-electron chi connectivity index (χ4n) is 3.96. The van der Waals surface area contributed by atoms with Crippen molar-refractivity contribution >= 4 is 23.2 Å². The summed E-state index contributed by atoms with van der Waals surface area (Å²) >= 11 is 0. The highest BCUT2D eigenvalue weighted by atomic mass is 16.2. The fourth-order valence-corrected chi connectivity index (χ4v) is 3.96. The smallest absolute Gasteiger partial charge is 0.323 e. The number of benzene rings is 2. The number of urea groups is 1. The van der Waals surface area contributed by atoms with Crippen LogP contribution in [0.25, 0.3) is 11.3 Å². The van der Waals surface area contributed by atoms with E-state index in [1.54, 1.807) is 12.4 Å². The minimum absolute atomic E-state index is 0.271. The summed E-state index contributed by atoms with van der Waals surface area (Å²) in [5.41, 5.74) is 5.50. The van der Waals surface area contributed by atoms with E-state index in [4.69, 9.17) is 0 Å². The van der Waals surface area contributed by atoms with Crippen LogP contribution >= 0.6 is 0 Å². The van der Waals surface area contributed by atoms with Gasteiger partial charge in [-0.25, -0.2) is 9.78 Å². The van der Waals surface area contributed by atoms with Gasteiger partial charge in [-0.2, -0.15) is 0 Å². The number of hydrogen-bond donors (Lipinski definition) is 2. The Labute approximate surface area is 177 Å². The Balaban J connectivity index is 1.52. The summed E-state index contributed by atoms with van der Waals surface area (Å²) in [6, 6.07) is 13.5. The van der Waals surface area contributed by atoms with Gasteiger partial charge in [-0.15, -0.1) is 0 Å². The van der Waals surface area contributed by atoms with Crippen LogP contribution in [0.15, 0.2) is 54.9 Å². The molecule has 1 fully saturated rings. The lowest BCUT2D eigenvalue weighted by Gasteiger charge is -2.28. The predicted octanol–water partition coefficient (Wildman–Crippen LogP) is 5.39. The molecule has 1 aliphatic rings. The van der Waals surface area contributed by atoms with E-state index in [0.717, 1.165) is 47.0 Å². The third-order valence-electron chi connectivity index (χ3n) is 5.21. The van der Waals surface area contributed by atoms with Crippen molar-refractivity contribution in [2.45, 2.75) is 33.1 Å². The molecule has 4 rings (SSSR count). The standard InChI is InChI=1S/C24H27N5O/c1-17-13-18(2)15-21(14-17)28-24(30)27-20-8-6-7-19(16-20)22-23(26-10-9-25-22)29-11-4-3-5-12-29/h6-10,13-16H,3-5,11-12H2,1-2H3,(H2,27,28,30). The molecule has 0 radical (unpaired) electrons. The van der Waals surface area contributed by atoms with Crippen molar-refractivity contribution in [2.24, 2.45) is 0 Å². The highest BCUT2D eigenvalue weighted by Gasteiger charge is 2.18. The first-order chi connectivity index (χ1) is 14.6. The van der Waals surface area contributed by atoms with Crippen molar-refractivity contribution in [1.29, 1.82) is 0 Å². The highest BCUT2D eigenvalue weighted by molar-refractivity contribution is 6.00. The number of nitrogens with one attached hydrogen (secondary N) is 2. The van der Waals surface area contributed by atoms with E-state index in [1.165, 1.54) is 19.3 Å². The maximum Gasteiger partial charge on any atom is 0.323 e. The Morgan fingerprint density at radius 3 is 2.33 bits per heavy atom. The van der Waals surface area contributed by atoms with Crippen LogP contribution in [-0.2, 0) is 0 Å². The molecule has 0 unspecified atom stereocenters. The van der Waals surface area contributed by atoms with Crippen LogP contribution in [0.3, 0.4) is 0 Å². The van der Waals surface area contributed by atoms with E-state index >= 15 is 0 Å². The van der Waals surface area contributed by atoms with Gasteiger partial charge in [-0.3, -0.25) is 4.98 Å². The molecular weight excluding hydrogens is 374 g/mol. The van der Waals surface area contributed by atoms with Crippen LogP contribution in [-0.4, -0.2) is 29.1 Å². The molecule has 1 saturated heterocycles. The number of anilines is 3. The van der Waals surface area contributed by atoms with Crippen molar-refractivity contribution in [2.75, 3.05) is 28.6 Å². The normalized spacial score (nSPS) is 13.7. The molecule has 0 atom stereocenters. The largest absolute Gasteiger partial charge is 0.355 e. The monoisotopic (exact) mass is 401 g/mol. The zero-order valence-electron chi connectivity index (χ0n) is 17.5. The molecule has 2 N–H and O–H groups in total. The van der Waals surface area contributed by atoms with Gasteiger partial charge in [0.1, 0.15) is 5.69 Å². The van der Waals surface area contributed by atoms with Gasteiger partial charge in [-0.1, -0.05) is 18.2 Å². The number of hydrogen-bond acceptors (Lipinski definition) is 4. The average Bonchev–Trinajstić information content (AvgIpc) is 2.74. The van der Waals surface area contributed by atoms with Crippen LogP contribution in [0.1, 0.15) is 30.4 Å². The summed E-state index contributed by atoms with van der Waals surface area (Å²) < 4.78 is 0. The lowest BCUT2D eigenvalue weighted by atomic mass is 10.1. The number of piperidine rings is 1. The van der Waals surface area contributed by atoms with Gasteiger partial charge in [0.25, 0.3) is 0 Å². The van der Waals surface area contributed by atoms with E-state index < -0.39 is 0 Å². The number of carbonyl (C=O) groups is 1. The van der Waals surface area contributed by atoms with Crippen molar-refractivity contribution in [3.05, 3.63) is 66.0 Å². The Bertz CT molecular complexity index is 1020. The van der Waals surface area contributed by atoms with Crippen LogP contribution in [0.4, 0.5) is 22.0 Å². The highest BCUT2D eigenvalue weighted by Crippen LogP contribution is 2.30. The van der Waals surface area contributed by atoms with Gasteiger partial charge in [0.2, 0.25) is 0 Å². The third-order valence-corrected chi connectivity index (χ3v) is 5.21. The van der Waals surface area contributed by atoms with Gasteiger partial charge in [0.15, 0.2) is 5.82 Å². The SMILES string of the molecule is Cc1cc(C)cc(NC(=O)Nc2cccc(-c3nccnc3N3CCCCC3)c2)c1. The topological polar surface area (TPSA) is 70.1 Å². The molecule has 6 nitrogen and oxygen atoms in total. The Hall–Kier alpha value is -3.41. The molecule has 0 spiro atoms. The predicted molar refractivity (Wildman–Crippen MR) is 122 cm³/mol. The molecule has 2 amide bonds. The molecule has 0 saturated carbocycles. The molecule has 1 aliphatic heterocycles. The first-order valence-electron chi connectivity index (χ1n) is 10.4. The first kappa shape index (κ1) is 19.9. The van der Waals surface area contributed by atoms with E-state index in [9.17, 15) is 4.79 Å². The molecule has 154 valence electrons.